The van der Waals surface area contributed by atoms with E-state index in [9.17, 15) is 9.59 Å². The normalized spacial score (nSPS) is 23.7. The molecule has 0 bridgehead atoms. The fourth-order valence-corrected chi connectivity index (χ4v) is 2.76. The van der Waals surface area contributed by atoms with Crippen molar-refractivity contribution in [2.75, 3.05) is 24.5 Å². The van der Waals surface area contributed by atoms with Crippen molar-refractivity contribution >= 4 is 41.7 Å². The van der Waals surface area contributed by atoms with Crippen molar-refractivity contribution in [1.29, 1.82) is 0 Å². The Kier molecular flexibility index (Phi) is 4.83. The van der Waals surface area contributed by atoms with Gasteiger partial charge in [0.2, 0.25) is 0 Å². The molecular formula is C15H18ClN3O3. The van der Waals surface area contributed by atoms with Gasteiger partial charge in [-0.15, -0.1) is 12.4 Å². The van der Waals surface area contributed by atoms with E-state index >= 15 is 0 Å². The largest absolute Gasteiger partial charge is 0.480 e. The lowest BCUT2D eigenvalue weighted by molar-refractivity contribution is -0.137. The van der Waals surface area contributed by atoms with Gasteiger partial charge in [0, 0.05) is 43.1 Å². The van der Waals surface area contributed by atoms with Gasteiger partial charge in [-0.1, -0.05) is 0 Å². The van der Waals surface area contributed by atoms with E-state index in [0.29, 0.717) is 17.3 Å². The zero-order valence-electron chi connectivity index (χ0n) is 12.2. The van der Waals surface area contributed by atoms with Crippen molar-refractivity contribution in [3.8, 4) is 0 Å². The molecular weight excluding hydrogens is 306 g/mol. The fourth-order valence-electron chi connectivity index (χ4n) is 2.76. The number of carboxylic acid groups (broad SMARTS) is 1. The summed E-state index contributed by atoms with van der Waals surface area (Å²) >= 11 is 0. The number of carbonyl (C=O) groups excluding carboxylic acids is 1. The van der Waals surface area contributed by atoms with Gasteiger partial charge in [0.15, 0.2) is 11.7 Å². The Hall–Kier alpha value is -1.92. The number of hydrogen-bond acceptors (Lipinski definition) is 5. The quantitative estimate of drug-likeness (QED) is 0.806. The van der Waals surface area contributed by atoms with Crippen LogP contribution in [-0.2, 0) is 4.79 Å². The SMILES string of the molecule is CC1CN(c2ccc3c(c2)N=CC(C(=O)O)C3=O)CCN1.Cl. The molecule has 22 heavy (non-hydrogen) atoms. The second kappa shape index (κ2) is 6.46. The second-order valence-corrected chi connectivity index (χ2v) is 5.46. The van der Waals surface area contributed by atoms with Crippen LogP contribution in [0.15, 0.2) is 23.2 Å². The summed E-state index contributed by atoms with van der Waals surface area (Å²) < 4.78 is 0. The molecule has 7 heteroatoms. The molecule has 2 aliphatic heterocycles. The van der Waals surface area contributed by atoms with Gasteiger partial charge in [-0.25, -0.2) is 0 Å². The molecule has 2 aliphatic rings. The Morgan fingerprint density at radius 1 is 1.45 bits per heavy atom. The van der Waals surface area contributed by atoms with Gasteiger partial charge in [-0.05, 0) is 25.1 Å². The number of Topliss-reactive ketones (excluding diaryl/α,β-unsaturated/α-hetero) is 1. The van der Waals surface area contributed by atoms with Crippen LogP contribution in [0.2, 0.25) is 0 Å². The molecule has 0 aliphatic carbocycles. The monoisotopic (exact) mass is 323 g/mol. The summed E-state index contributed by atoms with van der Waals surface area (Å²) in [6.07, 6.45) is 1.22. The summed E-state index contributed by atoms with van der Waals surface area (Å²) in [5.74, 6) is -2.72. The number of anilines is 1. The van der Waals surface area contributed by atoms with E-state index in [2.05, 4.69) is 22.1 Å². The van der Waals surface area contributed by atoms with Crippen molar-refractivity contribution in [1.82, 2.24) is 5.32 Å². The molecule has 3 rings (SSSR count). The molecule has 0 radical (unpaired) electrons. The van der Waals surface area contributed by atoms with Crippen LogP contribution < -0.4 is 10.2 Å². The van der Waals surface area contributed by atoms with Gasteiger partial charge >= 0.3 is 5.97 Å². The number of fused-ring (bicyclic) bond motifs is 1. The molecule has 6 nitrogen and oxygen atoms in total. The van der Waals surface area contributed by atoms with Crippen molar-refractivity contribution in [2.24, 2.45) is 10.9 Å². The number of carbonyl (C=O) groups is 2. The van der Waals surface area contributed by atoms with E-state index in [1.54, 1.807) is 6.07 Å². The summed E-state index contributed by atoms with van der Waals surface area (Å²) in [5.41, 5.74) is 1.96. The van der Waals surface area contributed by atoms with E-state index < -0.39 is 17.7 Å². The predicted molar refractivity (Wildman–Crippen MR) is 87.0 cm³/mol. The van der Waals surface area contributed by atoms with E-state index in [1.165, 1.54) is 6.21 Å². The van der Waals surface area contributed by atoms with Crippen molar-refractivity contribution in [3.63, 3.8) is 0 Å². The lowest BCUT2D eigenvalue weighted by Crippen LogP contribution is -2.49. The first-order valence-electron chi connectivity index (χ1n) is 7.00. The highest BCUT2D eigenvalue weighted by Gasteiger charge is 2.30. The lowest BCUT2D eigenvalue weighted by Gasteiger charge is -2.34. The number of benzene rings is 1. The van der Waals surface area contributed by atoms with Crippen LogP contribution in [0.25, 0.3) is 0 Å². The Balaban J connectivity index is 0.00000176. The maximum atomic E-state index is 12.1. The molecule has 0 spiro atoms. The number of halogens is 1. The predicted octanol–water partition coefficient (Wildman–Crippen LogP) is 1.51. The Morgan fingerprint density at radius 2 is 2.23 bits per heavy atom. The maximum absolute atomic E-state index is 12.1. The number of ketones is 1. The number of nitrogens with zero attached hydrogens (tertiary/aromatic N) is 2. The van der Waals surface area contributed by atoms with Crippen LogP contribution in [0.4, 0.5) is 11.4 Å². The number of carboxylic acids is 1. The van der Waals surface area contributed by atoms with Crippen LogP contribution in [0.5, 0.6) is 0 Å². The standard InChI is InChI=1S/C15H17N3O3.ClH/c1-9-8-18(5-4-16-9)10-2-3-11-13(6-10)17-7-12(14(11)19)15(20)21;/h2-3,6-7,9,12,16H,4-5,8H2,1H3,(H,20,21);1H. The molecule has 2 N–H and O–H groups in total. The third-order valence-electron chi connectivity index (χ3n) is 3.89. The Morgan fingerprint density at radius 3 is 2.91 bits per heavy atom. The van der Waals surface area contributed by atoms with Gasteiger partial charge in [0.05, 0.1) is 5.69 Å². The van der Waals surface area contributed by atoms with E-state index in [1.807, 2.05) is 12.1 Å². The number of aliphatic carboxylic acids is 1. The number of hydrogen-bond donors (Lipinski definition) is 2. The number of rotatable bonds is 2. The Bertz CT molecular complexity index is 632. The molecule has 2 atom stereocenters. The fraction of sp³-hybridized carbons (Fsp3) is 0.400. The summed E-state index contributed by atoms with van der Waals surface area (Å²) in [4.78, 5) is 29.5. The number of nitrogens with one attached hydrogen (secondary N) is 1. The van der Waals surface area contributed by atoms with Crippen LogP contribution in [0, 0.1) is 5.92 Å². The highest BCUT2D eigenvalue weighted by Crippen LogP contribution is 2.31. The second-order valence-electron chi connectivity index (χ2n) is 5.46. The van der Waals surface area contributed by atoms with Crippen molar-refractivity contribution in [3.05, 3.63) is 23.8 Å². The van der Waals surface area contributed by atoms with Crippen molar-refractivity contribution < 1.29 is 14.7 Å². The van der Waals surface area contributed by atoms with Crippen molar-refractivity contribution in [2.45, 2.75) is 13.0 Å². The summed E-state index contributed by atoms with van der Waals surface area (Å²) in [5, 5.41) is 12.4. The van der Waals surface area contributed by atoms with Crippen LogP contribution >= 0.6 is 12.4 Å². The maximum Gasteiger partial charge on any atom is 0.319 e. The minimum Gasteiger partial charge on any atom is -0.480 e. The van der Waals surface area contributed by atoms with Gasteiger partial charge in [-0.2, -0.15) is 0 Å². The zero-order chi connectivity index (χ0) is 15.0. The van der Waals surface area contributed by atoms with E-state index in [0.717, 1.165) is 25.3 Å². The summed E-state index contributed by atoms with van der Waals surface area (Å²) in [6.45, 7) is 4.85. The van der Waals surface area contributed by atoms with Crippen LogP contribution in [0.3, 0.4) is 0 Å². The minimum absolute atomic E-state index is 0. The first-order valence-corrected chi connectivity index (χ1v) is 7.00. The molecule has 118 valence electrons. The average Bonchev–Trinajstić information content (AvgIpc) is 2.47. The third-order valence-corrected chi connectivity index (χ3v) is 3.89. The van der Waals surface area contributed by atoms with E-state index in [-0.39, 0.29) is 12.4 Å². The zero-order valence-corrected chi connectivity index (χ0v) is 13.0. The van der Waals surface area contributed by atoms with Crippen LogP contribution in [0.1, 0.15) is 17.3 Å². The van der Waals surface area contributed by atoms with Gasteiger partial charge in [0.1, 0.15) is 0 Å². The summed E-state index contributed by atoms with van der Waals surface area (Å²) in [6, 6.07) is 5.83. The first-order chi connectivity index (χ1) is 10.1. The highest BCUT2D eigenvalue weighted by atomic mass is 35.5. The van der Waals surface area contributed by atoms with Gasteiger partial charge in [-0.3, -0.25) is 14.6 Å². The molecule has 1 aromatic rings. The molecule has 1 saturated heterocycles. The molecule has 2 unspecified atom stereocenters. The third kappa shape index (κ3) is 2.98. The molecule has 0 saturated carbocycles. The van der Waals surface area contributed by atoms with E-state index in [4.69, 9.17) is 5.11 Å². The lowest BCUT2D eigenvalue weighted by atomic mass is 9.94. The van der Waals surface area contributed by atoms with Crippen LogP contribution in [-0.4, -0.2) is 48.7 Å². The first kappa shape index (κ1) is 16.5. The molecule has 0 aromatic heterocycles. The number of piperazine rings is 1. The Labute approximate surface area is 134 Å². The molecule has 0 amide bonds. The molecule has 1 fully saturated rings. The average molecular weight is 324 g/mol. The highest BCUT2D eigenvalue weighted by molar-refractivity contribution is 6.22. The van der Waals surface area contributed by atoms with Gasteiger partial charge < -0.3 is 15.3 Å². The number of aliphatic imine (C=N–C) groups is 1. The smallest absolute Gasteiger partial charge is 0.319 e. The minimum atomic E-state index is -1.16. The topological polar surface area (TPSA) is 82.0 Å². The van der Waals surface area contributed by atoms with Gasteiger partial charge in [0.25, 0.3) is 0 Å². The molecule has 1 aromatic carbocycles. The summed E-state index contributed by atoms with van der Waals surface area (Å²) in [7, 11) is 0. The molecule has 2 heterocycles.